The van der Waals surface area contributed by atoms with Gasteiger partial charge >= 0.3 is 0 Å². The molecule has 0 saturated carbocycles. The molecule has 0 atom stereocenters. The van der Waals surface area contributed by atoms with Gasteiger partial charge in [0.25, 0.3) is 0 Å². The summed E-state index contributed by atoms with van der Waals surface area (Å²) in [6, 6.07) is 12.2. The molecule has 0 heterocycles. The van der Waals surface area contributed by atoms with Crippen LogP contribution in [0.1, 0.15) is 18.4 Å². The van der Waals surface area contributed by atoms with Crippen molar-refractivity contribution in [3.05, 3.63) is 82.7 Å². The van der Waals surface area contributed by atoms with Gasteiger partial charge in [-0.05, 0) is 18.9 Å². The van der Waals surface area contributed by atoms with Gasteiger partial charge in [0.05, 0.1) is 8.80 Å². The van der Waals surface area contributed by atoms with Gasteiger partial charge in [0.1, 0.15) is 0 Å². The zero-order chi connectivity index (χ0) is 12.2. The summed E-state index contributed by atoms with van der Waals surface area (Å²) in [4.78, 5) is 0. The molecular weight excluding hydrogens is 255 g/mol. The fourth-order valence-electron chi connectivity index (χ4n) is 2.79. The topological polar surface area (TPSA) is 0 Å². The molecule has 3 rings (SSSR count). The second-order valence-corrected chi connectivity index (χ2v) is 7.99. The van der Waals surface area contributed by atoms with E-state index in [-0.39, 0.29) is 29.6 Å². The zero-order valence-corrected chi connectivity index (χ0v) is 14.7. The molecule has 0 amide bonds. The molecule has 0 nitrogen and oxygen atoms in total. The van der Waals surface area contributed by atoms with Gasteiger partial charge < -0.3 is 0 Å². The van der Waals surface area contributed by atoms with Gasteiger partial charge in [0, 0.05) is 29.6 Å². The Labute approximate surface area is 139 Å². The molecule has 2 aliphatic rings. The average Bonchev–Trinajstić information content (AvgIpc) is 3.11. The normalized spacial score (nSPS) is 16.5. The molecule has 91 valence electrons. The first kappa shape index (κ1) is 14.8. The Kier molecular flexibility index (Phi) is 5.65. The van der Waals surface area contributed by atoms with E-state index >= 15 is 0 Å². The molecule has 1 radical (unpaired) electrons. The Morgan fingerprint density at radius 1 is 0.842 bits per heavy atom. The standard InChI is InChI=1S/C17H18Si.Na/c1-2-8-15(9-3-1)14-18(16-10-4-5-11-16)17-12-6-7-13-17;/h1-10,12,18H,11,13-14H2;. The first-order valence-electron chi connectivity index (χ1n) is 6.68. The minimum Gasteiger partial charge on any atom is -0.0809 e. The van der Waals surface area contributed by atoms with Crippen molar-refractivity contribution in [3.63, 3.8) is 0 Å². The smallest absolute Gasteiger partial charge is 0.0809 e. The van der Waals surface area contributed by atoms with Gasteiger partial charge in [-0.3, -0.25) is 0 Å². The fourth-order valence-corrected chi connectivity index (χ4v) is 6.07. The first-order chi connectivity index (χ1) is 8.93. The molecule has 0 fully saturated rings. The van der Waals surface area contributed by atoms with Crippen molar-refractivity contribution in [2.45, 2.75) is 18.9 Å². The van der Waals surface area contributed by atoms with Crippen LogP contribution in [0.15, 0.2) is 77.2 Å². The molecule has 2 heteroatoms. The molecule has 19 heavy (non-hydrogen) atoms. The Hall–Kier alpha value is -0.603. The average molecular weight is 273 g/mol. The van der Waals surface area contributed by atoms with Crippen LogP contribution in [0.2, 0.25) is 0 Å². The predicted molar refractivity (Wildman–Crippen MR) is 86.7 cm³/mol. The van der Waals surface area contributed by atoms with Crippen LogP contribution in [0.3, 0.4) is 0 Å². The van der Waals surface area contributed by atoms with E-state index in [1.165, 1.54) is 24.4 Å². The molecule has 0 N–H and O–H groups in total. The second-order valence-electron chi connectivity index (χ2n) is 4.99. The molecule has 0 saturated heterocycles. The van der Waals surface area contributed by atoms with E-state index in [4.69, 9.17) is 0 Å². The van der Waals surface area contributed by atoms with Crippen molar-refractivity contribution in [2.24, 2.45) is 0 Å². The summed E-state index contributed by atoms with van der Waals surface area (Å²) < 4.78 is 0. The minimum atomic E-state index is -0.968. The summed E-state index contributed by atoms with van der Waals surface area (Å²) in [5, 5.41) is 3.41. The molecule has 0 spiro atoms. The van der Waals surface area contributed by atoms with E-state index < -0.39 is 8.80 Å². The van der Waals surface area contributed by atoms with Crippen molar-refractivity contribution in [2.75, 3.05) is 0 Å². The summed E-state index contributed by atoms with van der Waals surface area (Å²) in [7, 11) is -0.968. The van der Waals surface area contributed by atoms with Crippen molar-refractivity contribution in [1.29, 1.82) is 0 Å². The van der Waals surface area contributed by atoms with Crippen LogP contribution in [0.5, 0.6) is 0 Å². The SMILES string of the molecule is C1=CCC([SiH](Cc2ccccc2)C2=CC=CC2)=C1.[Na]. The van der Waals surface area contributed by atoms with Gasteiger partial charge in [-0.1, -0.05) is 82.7 Å². The minimum absolute atomic E-state index is 0. The third-order valence-electron chi connectivity index (χ3n) is 3.78. The second kappa shape index (κ2) is 7.25. The summed E-state index contributed by atoms with van der Waals surface area (Å²) >= 11 is 0. The van der Waals surface area contributed by atoms with Crippen LogP contribution >= 0.6 is 0 Å². The molecule has 0 aromatic heterocycles. The third kappa shape index (κ3) is 3.70. The maximum absolute atomic E-state index is 2.36. The maximum atomic E-state index is 2.36. The molecular formula is C17H18NaSi. The van der Waals surface area contributed by atoms with Crippen molar-refractivity contribution in [3.8, 4) is 0 Å². The van der Waals surface area contributed by atoms with E-state index in [9.17, 15) is 0 Å². The summed E-state index contributed by atoms with van der Waals surface area (Å²) in [6.07, 6.45) is 16.1. The van der Waals surface area contributed by atoms with E-state index in [0.717, 1.165) is 0 Å². The molecule has 2 aliphatic carbocycles. The van der Waals surface area contributed by atoms with Gasteiger partial charge in [-0.2, -0.15) is 0 Å². The van der Waals surface area contributed by atoms with Gasteiger partial charge in [-0.15, -0.1) is 0 Å². The number of rotatable bonds is 4. The molecule has 0 aliphatic heterocycles. The summed E-state index contributed by atoms with van der Waals surface area (Å²) in [5.74, 6) is 0. The quantitative estimate of drug-likeness (QED) is 0.737. The Morgan fingerprint density at radius 2 is 1.42 bits per heavy atom. The van der Waals surface area contributed by atoms with Gasteiger partial charge in [0.15, 0.2) is 0 Å². The van der Waals surface area contributed by atoms with Crippen LogP contribution in [0.4, 0.5) is 0 Å². The van der Waals surface area contributed by atoms with Crippen LogP contribution in [-0.4, -0.2) is 38.4 Å². The monoisotopic (exact) mass is 273 g/mol. The number of hydrogen-bond acceptors (Lipinski definition) is 0. The number of hydrogen-bond donors (Lipinski definition) is 0. The van der Waals surface area contributed by atoms with E-state index in [1.807, 2.05) is 0 Å². The molecule has 1 aromatic carbocycles. The number of benzene rings is 1. The Bertz CT molecular complexity index is 508. The van der Waals surface area contributed by atoms with Crippen molar-refractivity contribution in [1.82, 2.24) is 0 Å². The van der Waals surface area contributed by atoms with Crippen molar-refractivity contribution >= 4 is 38.4 Å². The van der Waals surface area contributed by atoms with Crippen LogP contribution < -0.4 is 0 Å². The largest absolute Gasteiger partial charge is 0.0976 e. The number of allylic oxidation sites excluding steroid dienone is 8. The van der Waals surface area contributed by atoms with Crippen LogP contribution in [0, 0.1) is 0 Å². The summed E-state index contributed by atoms with van der Waals surface area (Å²) in [5.41, 5.74) is 1.50. The van der Waals surface area contributed by atoms with E-state index in [1.54, 1.807) is 10.4 Å². The van der Waals surface area contributed by atoms with E-state index in [0.29, 0.717) is 0 Å². The summed E-state index contributed by atoms with van der Waals surface area (Å²) in [6.45, 7) is 0. The first-order valence-corrected chi connectivity index (χ1v) is 8.66. The molecule has 1 aromatic rings. The van der Waals surface area contributed by atoms with E-state index in [2.05, 4.69) is 66.8 Å². The molecule has 0 unspecified atom stereocenters. The zero-order valence-electron chi connectivity index (χ0n) is 11.5. The van der Waals surface area contributed by atoms with Crippen LogP contribution in [0.25, 0.3) is 0 Å². The Balaban J connectivity index is 0.00000133. The Morgan fingerprint density at radius 3 is 1.89 bits per heavy atom. The van der Waals surface area contributed by atoms with Crippen molar-refractivity contribution < 1.29 is 0 Å². The van der Waals surface area contributed by atoms with Crippen LogP contribution in [-0.2, 0) is 6.04 Å². The molecule has 0 bridgehead atoms. The maximum Gasteiger partial charge on any atom is 0.0976 e. The van der Waals surface area contributed by atoms with Gasteiger partial charge in [-0.25, -0.2) is 0 Å². The fraction of sp³-hybridized carbons (Fsp3) is 0.176. The van der Waals surface area contributed by atoms with Gasteiger partial charge in [0.2, 0.25) is 0 Å². The predicted octanol–water partition coefficient (Wildman–Crippen LogP) is 3.47. The third-order valence-corrected chi connectivity index (χ3v) is 7.30.